The highest BCUT2D eigenvalue weighted by Crippen LogP contribution is 2.36. The van der Waals surface area contributed by atoms with Gasteiger partial charge in [-0.05, 0) is 31.1 Å². The van der Waals surface area contributed by atoms with Crippen molar-refractivity contribution in [2.24, 2.45) is 0 Å². The van der Waals surface area contributed by atoms with Crippen LogP contribution in [0.1, 0.15) is 25.8 Å². The summed E-state index contributed by atoms with van der Waals surface area (Å²) in [6, 6.07) is 3.22. The Balaban J connectivity index is 3.26. The maximum atomic E-state index is 10.7. The van der Waals surface area contributed by atoms with Crippen molar-refractivity contribution in [2.45, 2.75) is 20.3 Å². The van der Waals surface area contributed by atoms with Crippen LogP contribution in [0.15, 0.2) is 18.2 Å². The number of carboxylic acids is 1. The zero-order chi connectivity index (χ0) is 13.7. The van der Waals surface area contributed by atoms with Gasteiger partial charge < -0.3 is 9.84 Å². The van der Waals surface area contributed by atoms with Crippen molar-refractivity contribution in [1.82, 2.24) is 0 Å². The zero-order valence-electron chi connectivity index (χ0n) is 10.2. The van der Waals surface area contributed by atoms with E-state index >= 15 is 0 Å². The molecule has 18 heavy (non-hydrogen) atoms. The predicted octanol–water partition coefficient (Wildman–Crippen LogP) is 4.27. The van der Waals surface area contributed by atoms with E-state index in [-0.39, 0.29) is 0 Å². The molecule has 0 saturated carbocycles. The lowest BCUT2D eigenvalue weighted by Crippen LogP contribution is -2.00. The summed E-state index contributed by atoms with van der Waals surface area (Å²) < 4.78 is 5.55. The van der Waals surface area contributed by atoms with Gasteiger partial charge in [0.15, 0.2) is 0 Å². The van der Waals surface area contributed by atoms with Crippen LogP contribution in [0.5, 0.6) is 5.75 Å². The van der Waals surface area contributed by atoms with Crippen molar-refractivity contribution in [2.75, 3.05) is 6.61 Å². The van der Waals surface area contributed by atoms with Crippen LogP contribution >= 0.6 is 23.2 Å². The van der Waals surface area contributed by atoms with Gasteiger partial charge in [0.05, 0.1) is 11.6 Å². The first-order chi connectivity index (χ1) is 8.45. The minimum absolute atomic E-state index is 0.379. The molecule has 1 rings (SSSR count). The topological polar surface area (TPSA) is 46.5 Å². The van der Waals surface area contributed by atoms with E-state index in [1.807, 2.05) is 6.92 Å². The highest BCUT2D eigenvalue weighted by atomic mass is 35.5. The average Bonchev–Trinajstić information content (AvgIpc) is 2.26. The first kappa shape index (κ1) is 14.9. The lowest BCUT2D eigenvalue weighted by Gasteiger charge is -2.13. The number of hydrogen-bond acceptors (Lipinski definition) is 2. The summed E-state index contributed by atoms with van der Waals surface area (Å²) in [5.41, 5.74) is 1.14. The van der Waals surface area contributed by atoms with Crippen molar-refractivity contribution in [3.8, 4) is 5.75 Å². The van der Waals surface area contributed by atoms with E-state index in [9.17, 15) is 4.79 Å². The first-order valence-corrected chi connectivity index (χ1v) is 6.24. The van der Waals surface area contributed by atoms with Crippen molar-refractivity contribution in [1.29, 1.82) is 0 Å². The van der Waals surface area contributed by atoms with Crippen LogP contribution in [0.3, 0.4) is 0 Å². The van der Waals surface area contributed by atoms with Crippen LogP contribution in [-0.2, 0) is 4.79 Å². The summed E-state index contributed by atoms with van der Waals surface area (Å²) in [6.07, 6.45) is 1.93. The number of carboxylic acid groups (broad SMARTS) is 1. The average molecular weight is 289 g/mol. The molecule has 98 valence electrons. The van der Waals surface area contributed by atoms with E-state index < -0.39 is 5.97 Å². The molecule has 0 amide bonds. The normalized spacial score (nSPS) is 11.4. The number of hydrogen-bond donors (Lipinski definition) is 1. The molecule has 5 heteroatoms. The van der Waals surface area contributed by atoms with Gasteiger partial charge in [0, 0.05) is 16.7 Å². The molecular weight excluding hydrogens is 275 g/mol. The number of aliphatic carboxylic acids is 1. The minimum Gasteiger partial charge on any atom is -0.491 e. The van der Waals surface area contributed by atoms with Crippen LogP contribution in [0, 0.1) is 0 Å². The van der Waals surface area contributed by atoms with Gasteiger partial charge in [-0.3, -0.25) is 0 Å². The van der Waals surface area contributed by atoms with Gasteiger partial charge in [-0.25, -0.2) is 4.79 Å². The molecule has 0 atom stereocenters. The molecule has 0 radical (unpaired) electrons. The second kappa shape index (κ2) is 6.66. The van der Waals surface area contributed by atoms with Crippen molar-refractivity contribution < 1.29 is 14.6 Å². The largest absolute Gasteiger partial charge is 0.491 e. The van der Waals surface area contributed by atoms with Gasteiger partial charge >= 0.3 is 5.97 Å². The lowest BCUT2D eigenvalue weighted by molar-refractivity contribution is -0.131. The van der Waals surface area contributed by atoms with Crippen molar-refractivity contribution in [3.63, 3.8) is 0 Å². The van der Waals surface area contributed by atoms with E-state index in [1.54, 1.807) is 19.1 Å². The monoisotopic (exact) mass is 288 g/mol. The first-order valence-electron chi connectivity index (χ1n) is 5.49. The molecule has 0 heterocycles. The number of rotatable bonds is 5. The summed E-state index contributed by atoms with van der Waals surface area (Å²) in [5, 5.41) is 9.59. The van der Waals surface area contributed by atoms with E-state index in [4.69, 9.17) is 33.0 Å². The third-order valence-electron chi connectivity index (χ3n) is 2.22. The molecule has 0 spiro atoms. The fourth-order valence-corrected chi connectivity index (χ4v) is 2.02. The van der Waals surface area contributed by atoms with Gasteiger partial charge in [-0.2, -0.15) is 0 Å². The molecule has 0 aromatic heterocycles. The van der Waals surface area contributed by atoms with E-state index in [1.165, 1.54) is 0 Å². The quantitative estimate of drug-likeness (QED) is 0.823. The Labute approximate surface area is 116 Å². The maximum Gasteiger partial charge on any atom is 0.328 e. The van der Waals surface area contributed by atoms with Gasteiger partial charge in [0.25, 0.3) is 0 Å². The molecule has 1 aromatic carbocycles. The molecular formula is C13H14Cl2O3. The van der Waals surface area contributed by atoms with Crippen LogP contribution < -0.4 is 4.74 Å². The van der Waals surface area contributed by atoms with E-state index in [2.05, 4.69) is 0 Å². The lowest BCUT2D eigenvalue weighted by atomic mass is 10.1. The Hall–Kier alpha value is -1.19. The smallest absolute Gasteiger partial charge is 0.328 e. The third-order valence-corrected chi connectivity index (χ3v) is 2.72. The molecule has 0 saturated heterocycles. The molecule has 1 aromatic rings. The fraction of sp³-hybridized carbons (Fsp3) is 0.308. The molecule has 0 aliphatic rings. The number of halogens is 2. The Morgan fingerprint density at radius 3 is 2.67 bits per heavy atom. The second-order valence-electron chi connectivity index (χ2n) is 3.78. The number of carbonyl (C=O) groups is 1. The Morgan fingerprint density at radius 2 is 2.11 bits per heavy atom. The van der Waals surface area contributed by atoms with Gasteiger partial charge in [0.1, 0.15) is 5.75 Å². The van der Waals surface area contributed by atoms with Crippen molar-refractivity contribution >= 4 is 34.7 Å². The Bertz CT molecular complexity index is 481. The number of ether oxygens (including phenoxy) is 1. The number of allylic oxidation sites excluding steroid dienone is 1. The highest BCUT2D eigenvalue weighted by Gasteiger charge is 2.13. The van der Waals surface area contributed by atoms with Gasteiger partial charge in [-0.1, -0.05) is 30.1 Å². The Morgan fingerprint density at radius 1 is 1.44 bits per heavy atom. The van der Waals surface area contributed by atoms with Crippen molar-refractivity contribution in [3.05, 3.63) is 33.8 Å². The zero-order valence-corrected chi connectivity index (χ0v) is 11.7. The molecule has 0 fully saturated rings. The summed E-state index contributed by atoms with van der Waals surface area (Å²) in [7, 11) is 0. The van der Waals surface area contributed by atoms with Gasteiger partial charge in [-0.15, -0.1) is 0 Å². The fourth-order valence-electron chi connectivity index (χ4n) is 1.47. The summed E-state index contributed by atoms with van der Waals surface area (Å²) in [4.78, 5) is 10.7. The molecule has 0 aliphatic heterocycles. The molecule has 0 unspecified atom stereocenters. The maximum absolute atomic E-state index is 10.7. The molecule has 3 nitrogen and oxygen atoms in total. The Kier molecular flexibility index (Phi) is 5.51. The van der Waals surface area contributed by atoms with Crippen LogP contribution in [0.4, 0.5) is 0 Å². The predicted molar refractivity (Wildman–Crippen MR) is 73.5 cm³/mol. The van der Waals surface area contributed by atoms with Crippen LogP contribution in [0.25, 0.3) is 5.57 Å². The van der Waals surface area contributed by atoms with E-state index in [0.717, 1.165) is 12.5 Å². The summed E-state index contributed by atoms with van der Waals surface area (Å²) in [6.45, 7) is 4.16. The summed E-state index contributed by atoms with van der Waals surface area (Å²) in [5.74, 6) is -0.553. The van der Waals surface area contributed by atoms with Crippen LogP contribution in [-0.4, -0.2) is 17.7 Å². The van der Waals surface area contributed by atoms with Gasteiger partial charge in [0.2, 0.25) is 0 Å². The molecule has 0 bridgehead atoms. The van der Waals surface area contributed by atoms with Crippen LogP contribution in [0.2, 0.25) is 10.0 Å². The second-order valence-corrected chi connectivity index (χ2v) is 4.62. The highest BCUT2D eigenvalue weighted by molar-refractivity contribution is 6.36. The molecule has 0 aliphatic carbocycles. The molecule has 1 N–H and O–H groups in total. The SMILES string of the molecule is CCCOc1c(Cl)cc(Cl)cc1/C(C)=C/C(=O)O. The third kappa shape index (κ3) is 3.93. The summed E-state index contributed by atoms with van der Waals surface area (Å²) >= 11 is 12.0. The number of benzene rings is 1. The minimum atomic E-state index is -1.02. The standard InChI is InChI=1S/C13H14Cl2O3/c1-3-4-18-13-10(8(2)5-12(16)17)6-9(14)7-11(13)15/h5-7H,3-4H2,1-2H3,(H,16,17)/b8-5+. The van der Waals surface area contributed by atoms with E-state index in [0.29, 0.717) is 33.5 Å².